The molecule has 18 heavy (non-hydrogen) atoms. The average molecular weight is 268 g/mol. The monoisotopic (exact) mass is 267 g/mol. The molecule has 2 N–H and O–H groups in total. The molecule has 0 amide bonds. The van der Waals surface area contributed by atoms with E-state index in [9.17, 15) is 4.39 Å². The Morgan fingerprint density at radius 2 is 2.28 bits per heavy atom. The number of hydrogen-bond donors (Lipinski definition) is 2. The van der Waals surface area contributed by atoms with Gasteiger partial charge in [0.25, 0.3) is 0 Å². The molecule has 1 aliphatic rings. The minimum Gasteiger partial charge on any atom is -0.321 e. The van der Waals surface area contributed by atoms with Crippen LogP contribution in [0.15, 0.2) is 12.3 Å². The molecule has 0 aliphatic heterocycles. The quantitative estimate of drug-likeness (QED) is 0.839. The summed E-state index contributed by atoms with van der Waals surface area (Å²) in [4.78, 5) is 7.32. The molecule has 0 spiro atoms. The summed E-state index contributed by atoms with van der Waals surface area (Å²) in [6.07, 6.45) is 4.63. The molecule has 94 valence electrons. The normalized spacial score (nSPS) is 15.4. The Morgan fingerprint density at radius 1 is 1.44 bits per heavy atom. The van der Waals surface area contributed by atoms with Gasteiger partial charge in [-0.3, -0.25) is 5.10 Å². The van der Waals surface area contributed by atoms with Gasteiger partial charge in [0.2, 0.25) is 5.28 Å². The van der Waals surface area contributed by atoms with Gasteiger partial charge in [-0.2, -0.15) is 10.1 Å². The predicted octanol–water partition coefficient (Wildman–Crippen LogP) is 3.00. The second-order valence-corrected chi connectivity index (χ2v) is 4.63. The number of halogens is 2. The largest absolute Gasteiger partial charge is 0.321 e. The van der Waals surface area contributed by atoms with E-state index in [0.717, 1.165) is 11.9 Å². The summed E-state index contributed by atoms with van der Waals surface area (Å²) < 4.78 is 13.4. The van der Waals surface area contributed by atoms with Crippen LogP contribution in [0, 0.1) is 5.82 Å². The zero-order chi connectivity index (χ0) is 12.5. The Kier molecular flexibility index (Phi) is 2.87. The fourth-order valence-corrected chi connectivity index (χ4v) is 2.02. The molecule has 0 aromatic carbocycles. The van der Waals surface area contributed by atoms with Crippen LogP contribution in [0.25, 0.3) is 0 Å². The third kappa shape index (κ3) is 2.15. The highest BCUT2D eigenvalue weighted by molar-refractivity contribution is 6.28. The number of nitrogens with one attached hydrogen (secondary N) is 2. The van der Waals surface area contributed by atoms with Gasteiger partial charge in [0.15, 0.2) is 17.5 Å². The van der Waals surface area contributed by atoms with Gasteiger partial charge >= 0.3 is 0 Å². The van der Waals surface area contributed by atoms with E-state index >= 15 is 0 Å². The molecule has 2 aromatic rings. The highest BCUT2D eigenvalue weighted by atomic mass is 35.5. The van der Waals surface area contributed by atoms with E-state index < -0.39 is 5.82 Å². The summed E-state index contributed by atoms with van der Waals surface area (Å²) in [7, 11) is 0. The summed E-state index contributed by atoms with van der Waals surface area (Å²) >= 11 is 5.61. The van der Waals surface area contributed by atoms with E-state index in [1.165, 1.54) is 19.3 Å². The second-order valence-electron chi connectivity index (χ2n) is 4.30. The van der Waals surface area contributed by atoms with Gasteiger partial charge in [0, 0.05) is 17.7 Å². The Bertz CT molecular complexity index is 566. The molecule has 1 aliphatic carbocycles. The standard InChI is InChI=1S/C11H11ClFN5/c12-11-14-5-7(13)10(16-11)15-9-4-8(17-18-9)6-2-1-3-6/h4-6H,1-3H2,(H2,14,15,16,17,18). The van der Waals surface area contributed by atoms with Crippen LogP contribution in [0.1, 0.15) is 30.9 Å². The van der Waals surface area contributed by atoms with E-state index in [2.05, 4.69) is 25.5 Å². The minimum absolute atomic E-state index is 0.00588. The van der Waals surface area contributed by atoms with E-state index in [1.54, 1.807) is 0 Å². The average Bonchev–Trinajstić information content (AvgIpc) is 2.69. The predicted molar refractivity (Wildman–Crippen MR) is 65.5 cm³/mol. The van der Waals surface area contributed by atoms with Gasteiger partial charge in [-0.15, -0.1) is 0 Å². The lowest BCUT2D eigenvalue weighted by Gasteiger charge is -2.23. The molecule has 0 atom stereocenters. The van der Waals surface area contributed by atoms with Crippen LogP contribution in [-0.4, -0.2) is 20.2 Å². The maximum atomic E-state index is 13.4. The van der Waals surface area contributed by atoms with Gasteiger partial charge in [-0.05, 0) is 24.4 Å². The summed E-state index contributed by atoms with van der Waals surface area (Å²) in [5, 5.41) is 9.81. The number of hydrogen-bond acceptors (Lipinski definition) is 4. The molecule has 0 saturated heterocycles. The van der Waals surface area contributed by atoms with E-state index in [0.29, 0.717) is 11.7 Å². The van der Waals surface area contributed by atoms with Crippen molar-refractivity contribution in [2.75, 3.05) is 5.32 Å². The van der Waals surface area contributed by atoms with Crippen LogP contribution in [0.3, 0.4) is 0 Å². The SMILES string of the molecule is Fc1cnc(Cl)nc1Nc1cc(C2CCC2)[nH]n1. The molecule has 0 bridgehead atoms. The first kappa shape index (κ1) is 11.4. The lowest BCUT2D eigenvalue weighted by atomic mass is 9.83. The molecular weight excluding hydrogens is 257 g/mol. The van der Waals surface area contributed by atoms with Crippen LogP contribution in [0.2, 0.25) is 5.28 Å². The number of aromatic amines is 1. The fraction of sp³-hybridized carbons (Fsp3) is 0.364. The van der Waals surface area contributed by atoms with E-state index in [4.69, 9.17) is 11.6 Å². The van der Waals surface area contributed by atoms with Crippen molar-refractivity contribution in [3.8, 4) is 0 Å². The van der Waals surface area contributed by atoms with Crippen molar-refractivity contribution in [1.29, 1.82) is 0 Å². The summed E-state index contributed by atoms with van der Waals surface area (Å²) in [6.45, 7) is 0. The van der Waals surface area contributed by atoms with Crippen molar-refractivity contribution in [1.82, 2.24) is 20.2 Å². The van der Waals surface area contributed by atoms with Crippen molar-refractivity contribution in [2.24, 2.45) is 0 Å². The van der Waals surface area contributed by atoms with Gasteiger partial charge in [-0.25, -0.2) is 9.37 Å². The van der Waals surface area contributed by atoms with E-state index in [1.807, 2.05) is 6.07 Å². The molecular formula is C11H11ClFN5. The zero-order valence-corrected chi connectivity index (χ0v) is 10.2. The number of rotatable bonds is 3. The molecule has 2 heterocycles. The van der Waals surface area contributed by atoms with Crippen molar-refractivity contribution < 1.29 is 4.39 Å². The molecule has 0 unspecified atom stereocenters. The van der Waals surface area contributed by atoms with Crippen LogP contribution in [0.4, 0.5) is 16.0 Å². The lowest BCUT2D eigenvalue weighted by molar-refractivity contribution is 0.410. The molecule has 3 rings (SSSR count). The Morgan fingerprint density at radius 3 is 3.00 bits per heavy atom. The lowest BCUT2D eigenvalue weighted by Crippen LogP contribution is -2.08. The van der Waals surface area contributed by atoms with Crippen LogP contribution < -0.4 is 5.32 Å². The van der Waals surface area contributed by atoms with Crippen LogP contribution in [0.5, 0.6) is 0 Å². The zero-order valence-electron chi connectivity index (χ0n) is 9.45. The molecule has 7 heteroatoms. The second kappa shape index (κ2) is 4.53. The first-order chi connectivity index (χ1) is 8.72. The summed E-state index contributed by atoms with van der Waals surface area (Å²) in [5.74, 6) is 0.548. The maximum absolute atomic E-state index is 13.4. The Hall–Kier alpha value is -1.69. The fourth-order valence-electron chi connectivity index (χ4n) is 1.88. The Balaban J connectivity index is 1.79. The number of anilines is 2. The minimum atomic E-state index is -0.562. The summed E-state index contributed by atoms with van der Waals surface area (Å²) in [5.41, 5.74) is 1.07. The molecule has 1 saturated carbocycles. The molecule has 1 fully saturated rings. The van der Waals surface area contributed by atoms with Crippen LogP contribution >= 0.6 is 11.6 Å². The third-order valence-electron chi connectivity index (χ3n) is 3.10. The third-order valence-corrected chi connectivity index (χ3v) is 3.29. The number of H-pyrrole nitrogens is 1. The highest BCUT2D eigenvalue weighted by Crippen LogP contribution is 2.36. The maximum Gasteiger partial charge on any atom is 0.224 e. The smallest absolute Gasteiger partial charge is 0.224 e. The van der Waals surface area contributed by atoms with Gasteiger partial charge in [0.1, 0.15) is 0 Å². The first-order valence-corrected chi connectivity index (χ1v) is 6.10. The number of nitrogens with zero attached hydrogens (tertiary/aromatic N) is 3. The van der Waals surface area contributed by atoms with Crippen molar-refractivity contribution in [3.63, 3.8) is 0 Å². The van der Waals surface area contributed by atoms with Crippen molar-refractivity contribution in [3.05, 3.63) is 29.1 Å². The first-order valence-electron chi connectivity index (χ1n) is 5.73. The Labute approximate surface area is 108 Å². The van der Waals surface area contributed by atoms with Crippen molar-refractivity contribution >= 4 is 23.2 Å². The highest BCUT2D eigenvalue weighted by Gasteiger charge is 2.21. The van der Waals surface area contributed by atoms with E-state index in [-0.39, 0.29) is 11.1 Å². The van der Waals surface area contributed by atoms with Gasteiger partial charge < -0.3 is 5.32 Å². The van der Waals surface area contributed by atoms with Gasteiger partial charge in [-0.1, -0.05) is 6.42 Å². The molecule has 5 nitrogen and oxygen atoms in total. The number of aromatic nitrogens is 4. The molecule has 0 radical (unpaired) electrons. The topological polar surface area (TPSA) is 66.5 Å². The summed E-state index contributed by atoms with van der Waals surface area (Å²) in [6, 6.07) is 1.87. The van der Waals surface area contributed by atoms with Crippen molar-refractivity contribution in [2.45, 2.75) is 25.2 Å². The molecule has 2 aromatic heterocycles. The van der Waals surface area contributed by atoms with Gasteiger partial charge in [0.05, 0.1) is 6.20 Å². The van der Waals surface area contributed by atoms with Crippen LogP contribution in [-0.2, 0) is 0 Å².